The maximum Gasteiger partial charge on any atom is 0.159 e. The fourth-order valence-corrected chi connectivity index (χ4v) is 2.97. The van der Waals surface area contributed by atoms with Crippen LogP contribution in [0.25, 0.3) is 22.2 Å². The predicted molar refractivity (Wildman–Crippen MR) is 119 cm³/mol. The number of benzene rings is 3. The average molecular weight is 370 g/mol. The van der Waals surface area contributed by atoms with Crippen molar-refractivity contribution in [3.05, 3.63) is 90.0 Å². The van der Waals surface area contributed by atoms with Crippen LogP contribution in [0.3, 0.4) is 0 Å². The van der Waals surface area contributed by atoms with Crippen LogP contribution in [0.1, 0.15) is 22.8 Å². The van der Waals surface area contributed by atoms with Crippen LogP contribution in [0.4, 0.5) is 5.69 Å². The molecule has 0 fully saturated rings. The summed E-state index contributed by atoms with van der Waals surface area (Å²) in [7, 11) is 3.92. The highest BCUT2D eigenvalue weighted by atomic mass is 16.1. The second-order valence-electron chi connectivity index (χ2n) is 7.14. The monoisotopic (exact) mass is 370 g/mol. The van der Waals surface area contributed by atoms with E-state index in [9.17, 15) is 4.79 Å². The van der Waals surface area contributed by atoms with Crippen molar-refractivity contribution in [2.45, 2.75) is 13.8 Å². The fourth-order valence-electron chi connectivity index (χ4n) is 2.97. The lowest BCUT2D eigenvalue weighted by Gasteiger charge is -2.12. The van der Waals surface area contributed by atoms with Gasteiger partial charge in [0.15, 0.2) is 5.78 Å². The number of aromatic nitrogens is 1. The average Bonchev–Trinajstić information content (AvgIpc) is 3.13. The lowest BCUT2D eigenvalue weighted by atomic mass is 10.1. The second kappa shape index (κ2) is 8.57. The Morgan fingerprint density at radius 3 is 2.21 bits per heavy atom. The van der Waals surface area contributed by atoms with Gasteiger partial charge in [-0.3, -0.25) is 4.79 Å². The zero-order valence-electron chi connectivity index (χ0n) is 16.9. The number of anilines is 1. The van der Waals surface area contributed by atoms with E-state index < -0.39 is 0 Å². The third-order valence-corrected chi connectivity index (χ3v) is 4.66. The van der Waals surface area contributed by atoms with Gasteiger partial charge in [-0.1, -0.05) is 60.2 Å². The highest BCUT2D eigenvalue weighted by Gasteiger charge is 2.02. The number of rotatable bonds is 3. The first-order valence-electron chi connectivity index (χ1n) is 9.37. The number of nitrogens with one attached hydrogen (secondary N) is 1. The molecule has 0 aliphatic heterocycles. The zero-order chi connectivity index (χ0) is 20.1. The molecule has 0 radical (unpaired) electrons. The first-order chi connectivity index (χ1) is 13.4. The number of para-hydroxylation sites is 1. The third kappa shape index (κ3) is 4.68. The van der Waals surface area contributed by atoms with E-state index in [1.807, 2.05) is 43.3 Å². The van der Waals surface area contributed by atoms with Gasteiger partial charge < -0.3 is 9.88 Å². The minimum atomic E-state index is 0.110. The van der Waals surface area contributed by atoms with Crippen LogP contribution in [0.5, 0.6) is 0 Å². The van der Waals surface area contributed by atoms with Crippen molar-refractivity contribution >= 4 is 22.4 Å². The molecule has 3 aromatic carbocycles. The minimum absolute atomic E-state index is 0.110. The smallest absolute Gasteiger partial charge is 0.159 e. The fraction of sp³-hybridized carbons (Fsp3) is 0.160. The van der Waals surface area contributed by atoms with E-state index in [2.05, 4.69) is 66.5 Å². The number of carbonyl (C=O) groups is 1. The second-order valence-corrected chi connectivity index (χ2v) is 7.14. The molecule has 3 heteroatoms. The maximum atomic E-state index is 11.0. The van der Waals surface area contributed by atoms with Crippen LogP contribution in [-0.2, 0) is 0 Å². The number of aromatic amines is 1. The quantitative estimate of drug-likeness (QED) is 0.442. The van der Waals surface area contributed by atoms with Crippen molar-refractivity contribution in [2.75, 3.05) is 19.0 Å². The van der Waals surface area contributed by atoms with Crippen LogP contribution >= 0.6 is 0 Å². The van der Waals surface area contributed by atoms with Crippen LogP contribution < -0.4 is 4.90 Å². The first kappa shape index (κ1) is 19.4. The molecule has 0 amide bonds. The summed E-state index contributed by atoms with van der Waals surface area (Å²) >= 11 is 0. The van der Waals surface area contributed by atoms with Crippen LogP contribution in [0, 0.1) is 6.92 Å². The number of H-pyrrole nitrogens is 1. The molecule has 0 bridgehead atoms. The third-order valence-electron chi connectivity index (χ3n) is 4.66. The summed E-state index contributed by atoms with van der Waals surface area (Å²) in [5.74, 6) is 0.110. The van der Waals surface area contributed by atoms with Gasteiger partial charge in [0, 0.05) is 41.9 Å². The van der Waals surface area contributed by atoms with Crippen molar-refractivity contribution in [3.63, 3.8) is 0 Å². The lowest BCUT2D eigenvalue weighted by molar-refractivity contribution is 0.101. The Hall–Kier alpha value is -3.33. The summed E-state index contributed by atoms with van der Waals surface area (Å²) in [6, 6.07) is 26.7. The van der Waals surface area contributed by atoms with Crippen molar-refractivity contribution in [3.8, 4) is 11.3 Å². The molecule has 3 nitrogen and oxygen atoms in total. The van der Waals surface area contributed by atoms with Crippen LogP contribution in [0.15, 0.2) is 78.9 Å². The number of fused-ring (bicyclic) bond motifs is 1. The molecule has 1 N–H and O–H groups in total. The molecule has 1 aromatic heterocycles. The van der Waals surface area contributed by atoms with Gasteiger partial charge in [-0.05, 0) is 43.7 Å². The molecule has 0 saturated carbocycles. The number of nitrogens with zero attached hydrogens (tertiary/aromatic N) is 1. The van der Waals surface area contributed by atoms with Gasteiger partial charge in [-0.25, -0.2) is 0 Å². The van der Waals surface area contributed by atoms with Gasteiger partial charge in [-0.15, -0.1) is 0 Å². The van der Waals surface area contributed by atoms with E-state index in [1.54, 1.807) is 6.92 Å². The van der Waals surface area contributed by atoms with Crippen molar-refractivity contribution in [2.24, 2.45) is 0 Å². The Bertz CT molecular complexity index is 1040. The molecule has 0 unspecified atom stereocenters. The van der Waals surface area contributed by atoms with Gasteiger partial charge in [0.25, 0.3) is 0 Å². The number of aryl methyl sites for hydroxylation is 1. The van der Waals surface area contributed by atoms with Crippen molar-refractivity contribution in [1.82, 2.24) is 4.98 Å². The van der Waals surface area contributed by atoms with E-state index >= 15 is 0 Å². The normalized spacial score (nSPS) is 10.3. The number of hydrogen-bond acceptors (Lipinski definition) is 2. The summed E-state index contributed by atoms with van der Waals surface area (Å²) in [5, 5.41) is 1.26. The summed E-state index contributed by atoms with van der Waals surface area (Å²) in [6.45, 7) is 3.68. The summed E-state index contributed by atoms with van der Waals surface area (Å²) < 4.78 is 0. The SMILES string of the molecule is CC(=O)c1cccc(N(C)C)c1.Cc1ccc(-c2cc3ccccc3[nH]2)cc1. The predicted octanol–water partition coefficient (Wildman–Crippen LogP) is 6.10. The molecular weight excluding hydrogens is 344 g/mol. The molecule has 142 valence electrons. The Labute approximate surface area is 166 Å². The maximum absolute atomic E-state index is 11.0. The standard InChI is InChI=1S/C15H13N.C10H13NO/c1-11-6-8-12(9-7-11)15-10-13-4-2-3-5-14(13)16-15;1-8(12)9-5-4-6-10(7-9)11(2)3/h2-10,16H,1H3;4-7H,1-3H3. The summed E-state index contributed by atoms with van der Waals surface area (Å²) in [4.78, 5) is 16.4. The summed E-state index contributed by atoms with van der Waals surface area (Å²) in [6.07, 6.45) is 0. The van der Waals surface area contributed by atoms with Crippen LogP contribution in [0.2, 0.25) is 0 Å². The topological polar surface area (TPSA) is 36.1 Å². The molecule has 4 rings (SSSR count). The molecule has 0 saturated heterocycles. The largest absolute Gasteiger partial charge is 0.378 e. The molecule has 0 atom stereocenters. The highest BCUT2D eigenvalue weighted by Crippen LogP contribution is 2.24. The van der Waals surface area contributed by atoms with Gasteiger partial charge in [0.1, 0.15) is 0 Å². The molecule has 0 spiro atoms. The Balaban J connectivity index is 0.000000169. The first-order valence-corrected chi connectivity index (χ1v) is 9.37. The van der Waals surface area contributed by atoms with Crippen LogP contribution in [-0.4, -0.2) is 24.9 Å². The number of hydrogen-bond donors (Lipinski definition) is 1. The Morgan fingerprint density at radius 2 is 1.57 bits per heavy atom. The van der Waals surface area contributed by atoms with Gasteiger partial charge >= 0.3 is 0 Å². The molecule has 1 heterocycles. The van der Waals surface area contributed by atoms with Gasteiger partial charge in [0.05, 0.1) is 0 Å². The minimum Gasteiger partial charge on any atom is -0.378 e. The molecule has 0 aliphatic carbocycles. The van der Waals surface area contributed by atoms with Gasteiger partial charge in [0.2, 0.25) is 0 Å². The Morgan fingerprint density at radius 1 is 0.857 bits per heavy atom. The van der Waals surface area contributed by atoms with E-state index in [4.69, 9.17) is 0 Å². The number of Topliss-reactive ketones (excluding diaryl/α,β-unsaturated/α-hetero) is 1. The molecule has 0 aliphatic rings. The number of carbonyl (C=O) groups excluding carboxylic acids is 1. The zero-order valence-corrected chi connectivity index (χ0v) is 16.9. The van der Waals surface area contributed by atoms with Gasteiger partial charge in [-0.2, -0.15) is 0 Å². The molecular formula is C25H26N2O. The highest BCUT2D eigenvalue weighted by molar-refractivity contribution is 5.95. The number of ketones is 1. The van der Waals surface area contributed by atoms with E-state index in [0.717, 1.165) is 11.3 Å². The lowest BCUT2D eigenvalue weighted by Crippen LogP contribution is -2.09. The van der Waals surface area contributed by atoms with Crippen molar-refractivity contribution in [1.29, 1.82) is 0 Å². The molecule has 28 heavy (non-hydrogen) atoms. The Kier molecular flexibility index (Phi) is 5.95. The van der Waals surface area contributed by atoms with E-state index in [0.29, 0.717) is 0 Å². The van der Waals surface area contributed by atoms with Crippen molar-refractivity contribution < 1.29 is 4.79 Å². The molecule has 4 aromatic rings. The van der Waals surface area contributed by atoms with E-state index in [-0.39, 0.29) is 5.78 Å². The van der Waals surface area contributed by atoms with E-state index in [1.165, 1.54) is 27.7 Å². The summed E-state index contributed by atoms with van der Waals surface area (Å²) in [5.41, 5.74) is 6.73.